The number of rotatable bonds is 8. The first kappa shape index (κ1) is 18.4. The highest BCUT2D eigenvalue weighted by molar-refractivity contribution is 5.76. The fourth-order valence-electron chi connectivity index (χ4n) is 3.11. The minimum absolute atomic E-state index is 0.300. The lowest BCUT2D eigenvalue weighted by Gasteiger charge is -2.20. The summed E-state index contributed by atoms with van der Waals surface area (Å²) in [5.41, 5.74) is 2.09. The third kappa shape index (κ3) is 5.85. The number of hydrogen-bond acceptors (Lipinski definition) is 4. The normalized spacial score (nSPS) is 14.9. The van der Waals surface area contributed by atoms with Gasteiger partial charge in [0, 0.05) is 38.8 Å². The van der Waals surface area contributed by atoms with Crippen molar-refractivity contribution in [3.8, 4) is 5.75 Å². The van der Waals surface area contributed by atoms with E-state index in [0.29, 0.717) is 18.9 Å². The van der Waals surface area contributed by atoms with E-state index in [1.54, 1.807) is 6.20 Å². The van der Waals surface area contributed by atoms with Crippen LogP contribution >= 0.6 is 0 Å². The van der Waals surface area contributed by atoms with Gasteiger partial charge in [-0.3, -0.25) is 9.78 Å². The van der Waals surface area contributed by atoms with Crippen molar-refractivity contribution >= 4 is 5.91 Å². The lowest BCUT2D eigenvalue weighted by molar-refractivity contribution is -0.130. The van der Waals surface area contributed by atoms with E-state index in [1.165, 1.54) is 12.0 Å². The molecular formula is C21H27N3O2. The van der Waals surface area contributed by atoms with Gasteiger partial charge in [-0.15, -0.1) is 0 Å². The number of ether oxygens (including phenoxy) is 1. The maximum absolute atomic E-state index is 12.0. The average Bonchev–Trinajstić information content (AvgIpc) is 2.89. The van der Waals surface area contributed by atoms with Gasteiger partial charge in [-0.05, 0) is 42.7 Å². The molecule has 0 spiro atoms. The molecule has 0 atom stereocenters. The van der Waals surface area contributed by atoms with E-state index in [4.69, 9.17) is 4.74 Å². The smallest absolute Gasteiger partial charge is 0.222 e. The molecule has 138 valence electrons. The van der Waals surface area contributed by atoms with E-state index >= 15 is 0 Å². The van der Waals surface area contributed by atoms with Crippen molar-refractivity contribution in [2.75, 3.05) is 19.6 Å². The second-order valence-corrected chi connectivity index (χ2v) is 6.63. The molecule has 0 bridgehead atoms. The average molecular weight is 353 g/mol. The van der Waals surface area contributed by atoms with Gasteiger partial charge in [0.25, 0.3) is 0 Å². The van der Waals surface area contributed by atoms with Gasteiger partial charge in [-0.25, -0.2) is 0 Å². The third-order valence-electron chi connectivity index (χ3n) is 4.57. The summed E-state index contributed by atoms with van der Waals surface area (Å²) in [6, 6.07) is 13.9. The second-order valence-electron chi connectivity index (χ2n) is 6.63. The van der Waals surface area contributed by atoms with Gasteiger partial charge < -0.3 is 15.0 Å². The number of amides is 1. The molecule has 0 aliphatic carbocycles. The van der Waals surface area contributed by atoms with Crippen molar-refractivity contribution in [1.29, 1.82) is 0 Å². The van der Waals surface area contributed by atoms with E-state index in [9.17, 15) is 4.79 Å². The molecule has 1 saturated heterocycles. The highest BCUT2D eigenvalue weighted by Gasteiger charge is 2.15. The molecule has 2 heterocycles. The topological polar surface area (TPSA) is 54.5 Å². The molecule has 0 saturated carbocycles. The molecule has 1 fully saturated rings. The van der Waals surface area contributed by atoms with Crippen molar-refractivity contribution in [2.24, 2.45) is 0 Å². The van der Waals surface area contributed by atoms with Crippen LogP contribution in [0.4, 0.5) is 0 Å². The maximum atomic E-state index is 12.0. The molecule has 1 aromatic heterocycles. The van der Waals surface area contributed by atoms with Crippen molar-refractivity contribution < 1.29 is 9.53 Å². The molecular weight excluding hydrogens is 326 g/mol. The van der Waals surface area contributed by atoms with E-state index in [0.717, 1.165) is 50.5 Å². The SMILES string of the molecule is O=C1CCCCCN1CCNCc1cccc(OCc2ccccn2)c1. The molecule has 0 unspecified atom stereocenters. The summed E-state index contributed by atoms with van der Waals surface area (Å²) in [4.78, 5) is 18.2. The molecule has 0 radical (unpaired) electrons. The van der Waals surface area contributed by atoms with E-state index in [-0.39, 0.29) is 0 Å². The van der Waals surface area contributed by atoms with Gasteiger partial charge >= 0.3 is 0 Å². The minimum Gasteiger partial charge on any atom is -0.487 e. The summed E-state index contributed by atoms with van der Waals surface area (Å²) in [5, 5.41) is 3.43. The van der Waals surface area contributed by atoms with E-state index in [1.807, 2.05) is 41.3 Å². The number of hydrogen-bond donors (Lipinski definition) is 1. The fraction of sp³-hybridized carbons (Fsp3) is 0.429. The van der Waals surface area contributed by atoms with Gasteiger partial charge in [0.2, 0.25) is 5.91 Å². The fourth-order valence-corrected chi connectivity index (χ4v) is 3.11. The molecule has 3 rings (SSSR count). The van der Waals surface area contributed by atoms with Gasteiger partial charge in [0.15, 0.2) is 0 Å². The summed E-state index contributed by atoms with van der Waals surface area (Å²) < 4.78 is 5.82. The van der Waals surface area contributed by atoms with Crippen molar-refractivity contribution in [1.82, 2.24) is 15.2 Å². The molecule has 1 aliphatic heterocycles. The standard InChI is InChI=1S/C21H27N3O2/c25-21-10-2-1-5-13-24(21)14-12-22-16-18-7-6-9-20(15-18)26-17-19-8-3-4-11-23-19/h3-4,6-9,11,15,22H,1-2,5,10,12-14,16-17H2. The number of nitrogens with one attached hydrogen (secondary N) is 1. The Morgan fingerprint density at radius 3 is 2.96 bits per heavy atom. The number of likely N-dealkylation sites (tertiary alicyclic amines) is 1. The number of benzene rings is 1. The minimum atomic E-state index is 0.300. The van der Waals surface area contributed by atoms with Crippen LogP contribution in [0.1, 0.15) is 36.9 Å². The Labute approximate surface area is 155 Å². The summed E-state index contributed by atoms with van der Waals surface area (Å²) in [6.45, 7) is 3.73. The first-order valence-electron chi connectivity index (χ1n) is 9.41. The predicted molar refractivity (Wildman–Crippen MR) is 102 cm³/mol. The molecule has 2 aromatic rings. The van der Waals surface area contributed by atoms with Gasteiger partial charge in [-0.1, -0.05) is 24.6 Å². The van der Waals surface area contributed by atoms with E-state index < -0.39 is 0 Å². The third-order valence-corrected chi connectivity index (χ3v) is 4.57. The van der Waals surface area contributed by atoms with Crippen LogP contribution in [0.2, 0.25) is 0 Å². The molecule has 1 amide bonds. The van der Waals surface area contributed by atoms with Crippen molar-refractivity contribution in [3.05, 3.63) is 59.9 Å². The van der Waals surface area contributed by atoms with Crippen LogP contribution < -0.4 is 10.1 Å². The van der Waals surface area contributed by atoms with Crippen molar-refractivity contribution in [2.45, 2.75) is 38.8 Å². The highest BCUT2D eigenvalue weighted by Crippen LogP contribution is 2.15. The number of carbonyl (C=O) groups is 1. The van der Waals surface area contributed by atoms with Crippen LogP contribution in [-0.4, -0.2) is 35.4 Å². The Morgan fingerprint density at radius 1 is 1.12 bits per heavy atom. The van der Waals surface area contributed by atoms with E-state index in [2.05, 4.69) is 16.4 Å². The largest absolute Gasteiger partial charge is 0.487 e. The van der Waals surface area contributed by atoms with Crippen LogP contribution in [0.25, 0.3) is 0 Å². The Bertz CT molecular complexity index is 691. The summed E-state index contributed by atoms with van der Waals surface area (Å²) in [6.07, 6.45) is 5.81. The van der Waals surface area contributed by atoms with Gasteiger partial charge in [0.1, 0.15) is 12.4 Å². The zero-order chi connectivity index (χ0) is 18.0. The van der Waals surface area contributed by atoms with Crippen LogP contribution in [0.3, 0.4) is 0 Å². The molecule has 1 aliphatic rings. The van der Waals surface area contributed by atoms with Crippen LogP contribution in [0, 0.1) is 0 Å². The van der Waals surface area contributed by atoms with Gasteiger partial charge in [-0.2, -0.15) is 0 Å². The molecule has 1 aromatic carbocycles. The first-order valence-corrected chi connectivity index (χ1v) is 9.41. The summed E-state index contributed by atoms with van der Waals surface area (Å²) in [5.74, 6) is 1.15. The Kier molecular flexibility index (Phi) is 7.02. The van der Waals surface area contributed by atoms with Gasteiger partial charge in [0.05, 0.1) is 5.69 Å². The van der Waals surface area contributed by atoms with Crippen LogP contribution in [0.15, 0.2) is 48.7 Å². The summed E-state index contributed by atoms with van der Waals surface area (Å²) in [7, 11) is 0. The zero-order valence-electron chi connectivity index (χ0n) is 15.2. The zero-order valence-corrected chi connectivity index (χ0v) is 15.2. The Hall–Kier alpha value is -2.40. The quantitative estimate of drug-likeness (QED) is 0.741. The molecule has 5 nitrogen and oxygen atoms in total. The number of aromatic nitrogens is 1. The number of pyridine rings is 1. The first-order chi connectivity index (χ1) is 12.8. The number of carbonyl (C=O) groups excluding carboxylic acids is 1. The van der Waals surface area contributed by atoms with Crippen LogP contribution in [0.5, 0.6) is 5.75 Å². The highest BCUT2D eigenvalue weighted by atomic mass is 16.5. The Balaban J connectivity index is 1.41. The summed E-state index contributed by atoms with van der Waals surface area (Å²) >= 11 is 0. The maximum Gasteiger partial charge on any atom is 0.222 e. The molecule has 1 N–H and O–H groups in total. The number of nitrogens with zero attached hydrogens (tertiary/aromatic N) is 2. The predicted octanol–water partition coefficient (Wildman–Crippen LogP) is 3.15. The van der Waals surface area contributed by atoms with Crippen molar-refractivity contribution in [3.63, 3.8) is 0 Å². The second kappa shape index (κ2) is 9.92. The molecule has 26 heavy (non-hydrogen) atoms. The lowest BCUT2D eigenvalue weighted by atomic mass is 10.2. The lowest BCUT2D eigenvalue weighted by Crippen LogP contribution is -2.36. The van der Waals surface area contributed by atoms with Crippen LogP contribution in [-0.2, 0) is 17.9 Å². The Morgan fingerprint density at radius 2 is 2.08 bits per heavy atom. The monoisotopic (exact) mass is 353 g/mol. The molecule has 5 heteroatoms.